The molecule has 5 heteroatoms. The number of nitrogens with one attached hydrogen (secondary N) is 1. The molecule has 1 aliphatic heterocycles. The number of carbonyl (C=O) groups excluding carboxylic acids is 1. The molecule has 4 nitrogen and oxygen atoms in total. The van der Waals surface area contributed by atoms with Crippen molar-refractivity contribution in [3.05, 3.63) is 27.3 Å². The molecule has 1 fully saturated rings. The zero-order chi connectivity index (χ0) is 13.1. The van der Waals surface area contributed by atoms with Crippen molar-refractivity contribution in [2.45, 2.75) is 19.4 Å². The molecule has 0 bridgehead atoms. The summed E-state index contributed by atoms with van der Waals surface area (Å²) in [5.74, 6) is -0.0213. The zero-order valence-corrected chi connectivity index (χ0v) is 12.5. The van der Waals surface area contributed by atoms with Gasteiger partial charge in [-0.1, -0.05) is 0 Å². The van der Waals surface area contributed by atoms with E-state index in [2.05, 4.69) is 27.9 Å². The first kappa shape index (κ1) is 13.6. The highest BCUT2D eigenvalue weighted by atomic mass is 127. The second kappa shape index (κ2) is 5.88. The van der Waals surface area contributed by atoms with Crippen molar-refractivity contribution >= 4 is 28.5 Å². The predicted octanol–water partition coefficient (Wildman–Crippen LogP) is 1.82. The molecule has 2 N–H and O–H groups in total. The van der Waals surface area contributed by atoms with Crippen LogP contribution in [0.4, 0.5) is 0 Å². The Bertz CT molecular complexity index is 445. The average Bonchev–Trinajstić information content (AvgIpc) is 2.87. The van der Waals surface area contributed by atoms with E-state index in [0.717, 1.165) is 23.1 Å². The Balaban J connectivity index is 2.25. The standard InChI is InChI=1S/C13H17IN2O2/c1-2-16(10-5-6-15-8-10)13(18)11-7-9(14)3-4-12(11)17/h3-4,7,10,15,17H,2,5-6,8H2,1H3. The van der Waals surface area contributed by atoms with Gasteiger partial charge in [-0.15, -0.1) is 0 Å². The van der Waals surface area contributed by atoms with Crippen molar-refractivity contribution < 1.29 is 9.90 Å². The van der Waals surface area contributed by atoms with Crippen LogP contribution < -0.4 is 5.32 Å². The molecule has 98 valence electrons. The summed E-state index contributed by atoms with van der Waals surface area (Å²) in [7, 11) is 0. The Morgan fingerprint density at radius 3 is 3.00 bits per heavy atom. The van der Waals surface area contributed by atoms with Crippen LogP contribution in [0.3, 0.4) is 0 Å². The summed E-state index contributed by atoms with van der Waals surface area (Å²) in [6, 6.07) is 5.35. The van der Waals surface area contributed by atoms with E-state index in [0.29, 0.717) is 12.1 Å². The Morgan fingerprint density at radius 2 is 2.39 bits per heavy atom. The fourth-order valence-corrected chi connectivity index (χ4v) is 2.80. The number of rotatable bonds is 3. The molecule has 0 radical (unpaired) electrons. The second-order valence-electron chi connectivity index (χ2n) is 4.40. The van der Waals surface area contributed by atoms with Gasteiger partial charge in [-0.3, -0.25) is 4.79 Å². The van der Waals surface area contributed by atoms with Crippen LogP contribution >= 0.6 is 22.6 Å². The van der Waals surface area contributed by atoms with Crippen molar-refractivity contribution in [3.63, 3.8) is 0 Å². The van der Waals surface area contributed by atoms with E-state index in [1.165, 1.54) is 0 Å². The Labute approximate surface area is 121 Å². The minimum absolute atomic E-state index is 0.0600. The maximum atomic E-state index is 12.5. The molecule has 2 rings (SSSR count). The van der Waals surface area contributed by atoms with Crippen LogP contribution in [0.25, 0.3) is 0 Å². The molecule has 1 heterocycles. The average molecular weight is 360 g/mol. The summed E-state index contributed by atoms with van der Waals surface area (Å²) in [5, 5.41) is 13.1. The Morgan fingerprint density at radius 1 is 1.61 bits per heavy atom. The SMILES string of the molecule is CCN(C(=O)c1cc(I)ccc1O)C1CCNC1. The van der Waals surface area contributed by atoms with Crippen LogP contribution in [0.2, 0.25) is 0 Å². The topological polar surface area (TPSA) is 52.6 Å². The van der Waals surface area contributed by atoms with Crippen LogP contribution in [-0.4, -0.2) is 41.6 Å². The first-order valence-electron chi connectivity index (χ1n) is 6.13. The molecule has 1 atom stereocenters. The smallest absolute Gasteiger partial charge is 0.257 e. The molecule has 0 aliphatic carbocycles. The molecule has 0 spiro atoms. The van der Waals surface area contributed by atoms with Crippen LogP contribution in [-0.2, 0) is 0 Å². The van der Waals surface area contributed by atoms with Crippen molar-refractivity contribution in [2.75, 3.05) is 19.6 Å². The molecule has 18 heavy (non-hydrogen) atoms. The van der Waals surface area contributed by atoms with Gasteiger partial charge in [0.1, 0.15) is 5.75 Å². The van der Waals surface area contributed by atoms with Crippen molar-refractivity contribution in [2.24, 2.45) is 0 Å². The number of halogens is 1. The summed E-state index contributed by atoms with van der Waals surface area (Å²) >= 11 is 2.15. The minimum atomic E-state index is -0.0813. The van der Waals surface area contributed by atoms with Gasteiger partial charge in [0.25, 0.3) is 5.91 Å². The maximum absolute atomic E-state index is 12.5. The van der Waals surface area contributed by atoms with Gasteiger partial charge in [0, 0.05) is 22.7 Å². The lowest BCUT2D eigenvalue weighted by Gasteiger charge is -2.27. The summed E-state index contributed by atoms with van der Waals surface area (Å²) < 4.78 is 0.953. The van der Waals surface area contributed by atoms with E-state index in [1.807, 2.05) is 11.8 Å². The fourth-order valence-electron chi connectivity index (χ4n) is 2.31. The number of hydrogen-bond acceptors (Lipinski definition) is 3. The van der Waals surface area contributed by atoms with Gasteiger partial charge in [0.05, 0.1) is 5.56 Å². The number of phenolic OH excluding ortho intramolecular Hbond substituents is 1. The van der Waals surface area contributed by atoms with Gasteiger partial charge in [-0.2, -0.15) is 0 Å². The first-order valence-corrected chi connectivity index (χ1v) is 7.21. The van der Waals surface area contributed by atoms with E-state index in [1.54, 1.807) is 18.2 Å². The lowest BCUT2D eigenvalue weighted by atomic mass is 10.1. The molecule has 1 aromatic rings. The van der Waals surface area contributed by atoms with Gasteiger partial charge in [-0.25, -0.2) is 0 Å². The molecule has 1 unspecified atom stereocenters. The van der Waals surface area contributed by atoms with Crippen molar-refractivity contribution in [1.82, 2.24) is 10.2 Å². The highest BCUT2D eigenvalue weighted by Gasteiger charge is 2.27. The molecular formula is C13H17IN2O2. The number of aromatic hydroxyl groups is 1. The molecule has 1 aromatic carbocycles. The Hall–Kier alpha value is -0.820. The largest absolute Gasteiger partial charge is 0.507 e. The lowest BCUT2D eigenvalue weighted by molar-refractivity contribution is 0.0700. The summed E-state index contributed by atoms with van der Waals surface area (Å²) in [6.07, 6.45) is 0.976. The number of carbonyl (C=O) groups is 1. The van der Waals surface area contributed by atoms with E-state index >= 15 is 0 Å². The molecule has 0 aromatic heterocycles. The van der Waals surface area contributed by atoms with E-state index in [4.69, 9.17) is 0 Å². The third kappa shape index (κ3) is 2.77. The lowest BCUT2D eigenvalue weighted by Crippen LogP contribution is -2.41. The number of nitrogens with zero attached hydrogens (tertiary/aromatic N) is 1. The summed E-state index contributed by atoms with van der Waals surface area (Å²) in [6.45, 7) is 4.42. The number of amides is 1. The Kier molecular flexibility index (Phi) is 4.45. The van der Waals surface area contributed by atoms with E-state index < -0.39 is 0 Å². The van der Waals surface area contributed by atoms with Crippen LogP contribution in [0.5, 0.6) is 5.75 Å². The monoisotopic (exact) mass is 360 g/mol. The first-order chi connectivity index (χ1) is 8.63. The number of phenols is 1. The van der Waals surface area contributed by atoms with Crippen LogP contribution in [0, 0.1) is 3.57 Å². The molecule has 1 aliphatic rings. The number of benzene rings is 1. The van der Waals surface area contributed by atoms with Gasteiger partial charge >= 0.3 is 0 Å². The van der Waals surface area contributed by atoms with Crippen LogP contribution in [0.1, 0.15) is 23.7 Å². The van der Waals surface area contributed by atoms with Crippen molar-refractivity contribution in [3.8, 4) is 5.75 Å². The third-order valence-corrected chi connectivity index (χ3v) is 3.94. The summed E-state index contributed by atoms with van der Waals surface area (Å²) in [5.41, 5.74) is 0.399. The number of hydrogen-bond donors (Lipinski definition) is 2. The van der Waals surface area contributed by atoms with Gasteiger partial charge in [-0.05, 0) is 60.7 Å². The number of likely N-dealkylation sites (N-methyl/N-ethyl adjacent to an activating group) is 1. The van der Waals surface area contributed by atoms with E-state index in [9.17, 15) is 9.90 Å². The van der Waals surface area contributed by atoms with Gasteiger partial charge < -0.3 is 15.3 Å². The molecule has 1 saturated heterocycles. The fraction of sp³-hybridized carbons (Fsp3) is 0.462. The molecule has 1 amide bonds. The van der Waals surface area contributed by atoms with Crippen LogP contribution in [0.15, 0.2) is 18.2 Å². The third-order valence-electron chi connectivity index (χ3n) is 3.27. The zero-order valence-electron chi connectivity index (χ0n) is 10.3. The minimum Gasteiger partial charge on any atom is -0.507 e. The quantitative estimate of drug-likeness (QED) is 0.809. The highest BCUT2D eigenvalue weighted by Crippen LogP contribution is 2.23. The maximum Gasteiger partial charge on any atom is 0.257 e. The predicted molar refractivity (Wildman–Crippen MR) is 78.8 cm³/mol. The van der Waals surface area contributed by atoms with Crippen molar-refractivity contribution in [1.29, 1.82) is 0 Å². The molecule has 0 saturated carbocycles. The van der Waals surface area contributed by atoms with E-state index in [-0.39, 0.29) is 17.7 Å². The normalized spacial score (nSPS) is 18.9. The highest BCUT2D eigenvalue weighted by molar-refractivity contribution is 14.1. The second-order valence-corrected chi connectivity index (χ2v) is 5.64. The van der Waals surface area contributed by atoms with Gasteiger partial charge in [0.15, 0.2) is 0 Å². The molecular weight excluding hydrogens is 343 g/mol. The summed E-state index contributed by atoms with van der Waals surface area (Å²) in [4.78, 5) is 14.3. The van der Waals surface area contributed by atoms with Gasteiger partial charge in [0.2, 0.25) is 0 Å².